The highest BCUT2D eigenvalue weighted by atomic mass is 79.9. The molecule has 1 heterocycles. The van der Waals surface area contributed by atoms with Crippen molar-refractivity contribution in [3.8, 4) is 0 Å². The molecule has 0 aliphatic heterocycles. The largest absolute Gasteiger partial charge is 0.354 e. The summed E-state index contributed by atoms with van der Waals surface area (Å²) in [6, 6.07) is 2.84. The van der Waals surface area contributed by atoms with Crippen molar-refractivity contribution in [2.45, 2.75) is 44.6 Å². The number of ether oxygens (including phenoxy) is 2. The molecule has 0 aromatic carbocycles. The number of halogens is 1. The van der Waals surface area contributed by atoms with E-state index in [1.165, 1.54) is 33.5 Å². The Kier molecular flexibility index (Phi) is 5.21. The maximum absolute atomic E-state index is 5.30. The van der Waals surface area contributed by atoms with Gasteiger partial charge in [-0.3, -0.25) is 0 Å². The Hall–Kier alpha value is 0.0600. The summed E-state index contributed by atoms with van der Waals surface area (Å²) in [7, 11) is 3.36. The smallest absolute Gasteiger partial charge is 0.171 e. The van der Waals surface area contributed by atoms with Crippen molar-refractivity contribution in [3.05, 3.63) is 20.3 Å². The first kappa shape index (κ1) is 14.5. The third-order valence-electron chi connectivity index (χ3n) is 3.42. The SMILES string of the molecule is COC(OC)C(C)NC1CCCc2sc(Br)cc21. The molecule has 0 radical (unpaired) electrons. The molecule has 2 rings (SSSR count). The quantitative estimate of drug-likeness (QED) is 0.836. The van der Waals surface area contributed by atoms with E-state index < -0.39 is 0 Å². The van der Waals surface area contributed by atoms with Gasteiger partial charge in [-0.1, -0.05) is 0 Å². The second kappa shape index (κ2) is 6.48. The fourth-order valence-corrected chi connectivity index (χ4v) is 4.41. The molecule has 18 heavy (non-hydrogen) atoms. The third kappa shape index (κ3) is 3.14. The normalized spacial score (nSPS) is 21.1. The van der Waals surface area contributed by atoms with E-state index in [0.29, 0.717) is 6.04 Å². The van der Waals surface area contributed by atoms with Gasteiger partial charge in [-0.25, -0.2) is 0 Å². The first-order valence-electron chi connectivity index (χ1n) is 6.25. The number of methoxy groups -OCH3 is 2. The second-order valence-electron chi connectivity index (χ2n) is 4.67. The van der Waals surface area contributed by atoms with Crippen LogP contribution in [0.25, 0.3) is 0 Å². The Morgan fingerprint density at radius 2 is 2.17 bits per heavy atom. The number of hydrogen-bond donors (Lipinski definition) is 1. The lowest BCUT2D eigenvalue weighted by molar-refractivity contribution is -0.121. The highest BCUT2D eigenvalue weighted by molar-refractivity contribution is 9.11. The Balaban J connectivity index is 2.06. The van der Waals surface area contributed by atoms with E-state index in [9.17, 15) is 0 Å². The third-order valence-corrected chi connectivity index (χ3v) is 5.13. The molecule has 2 unspecified atom stereocenters. The molecule has 0 spiro atoms. The van der Waals surface area contributed by atoms with Gasteiger partial charge in [-0.05, 0) is 53.7 Å². The number of fused-ring (bicyclic) bond motifs is 1. The van der Waals surface area contributed by atoms with Crippen LogP contribution in [0.1, 0.15) is 36.2 Å². The molecule has 0 saturated heterocycles. The van der Waals surface area contributed by atoms with Crippen LogP contribution in [-0.2, 0) is 15.9 Å². The van der Waals surface area contributed by atoms with Crippen LogP contribution in [0.4, 0.5) is 0 Å². The molecule has 1 aromatic rings. The van der Waals surface area contributed by atoms with Crippen LogP contribution in [0.15, 0.2) is 9.85 Å². The molecule has 0 fully saturated rings. The van der Waals surface area contributed by atoms with Crippen LogP contribution in [-0.4, -0.2) is 26.6 Å². The molecule has 1 N–H and O–H groups in total. The highest BCUT2D eigenvalue weighted by Crippen LogP contribution is 2.38. The fraction of sp³-hybridized carbons (Fsp3) is 0.692. The van der Waals surface area contributed by atoms with Crippen molar-refractivity contribution in [2.75, 3.05) is 14.2 Å². The van der Waals surface area contributed by atoms with E-state index in [-0.39, 0.29) is 12.3 Å². The van der Waals surface area contributed by atoms with Gasteiger partial charge in [0.1, 0.15) is 0 Å². The zero-order chi connectivity index (χ0) is 13.1. The van der Waals surface area contributed by atoms with Gasteiger partial charge < -0.3 is 14.8 Å². The molecule has 1 aromatic heterocycles. The number of rotatable bonds is 5. The first-order chi connectivity index (χ1) is 8.65. The number of thiophene rings is 1. The van der Waals surface area contributed by atoms with Gasteiger partial charge in [0.25, 0.3) is 0 Å². The molecule has 2 atom stereocenters. The van der Waals surface area contributed by atoms with E-state index in [0.717, 1.165) is 0 Å². The molecule has 102 valence electrons. The fourth-order valence-electron chi connectivity index (χ4n) is 2.59. The molecular weight excluding hydrogens is 314 g/mol. The number of nitrogens with one attached hydrogen (secondary N) is 1. The summed E-state index contributed by atoms with van der Waals surface area (Å²) in [4.78, 5) is 1.50. The van der Waals surface area contributed by atoms with Crippen LogP contribution in [0, 0.1) is 0 Å². The summed E-state index contributed by atoms with van der Waals surface area (Å²) in [5.41, 5.74) is 1.44. The summed E-state index contributed by atoms with van der Waals surface area (Å²) >= 11 is 5.44. The van der Waals surface area contributed by atoms with Crippen molar-refractivity contribution in [2.24, 2.45) is 0 Å². The summed E-state index contributed by atoms with van der Waals surface area (Å²) < 4.78 is 11.8. The zero-order valence-electron chi connectivity index (χ0n) is 11.0. The first-order valence-corrected chi connectivity index (χ1v) is 7.86. The van der Waals surface area contributed by atoms with Crippen LogP contribution in [0.2, 0.25) is 0 Å². The van der Waals surface area contributed by atoms with E-state index in [2.05, 4.69) is 34.2 Å². The van der Waals surface area contributed by atoms with Gasteiger partial charge >= 0.3 is 0 Å². The maximum atomic E-state index is 5.30. The van der Waals surface area contributed by atoms with Crippen LogP contribution in [0.3, 0.4) is 0 Å². The van der Waals surface area contributed by atoms with Crippen LogP contribution < -0.4 is 5.32 Å². The lowest BCUT2D eigenvalue weighted by Crippen LogP contribution is -2.42. The van der Waals surface area contributed by atoms with Gasteiger partial charge in [0.05, 0.1) is 9.83 Å². The van der Waals surface area contributed by atoms with E-state index >= 15 is 0 Å². The topological polar surface area (TPSA) is 30.5 Å². The van der Waals surface area contributed by atoms with Gasteiger partial charge in [0.15, 0.2) is 6.29 Å². The molecule has 5 heteroatoms. The van der Waals surface area contributed by atoms with E-state index in [1.807, 2.05) is 11.3 Å². The van der Waals surface area contributed by atoms with E-state index in [4.69, 9.17) is 9.47 Å². The highest BCUT2D eigenvalue weighted by Gasteiger charge is 2.26. The Labute approximate surface area is 121 Å². The predicted octanol–water partition coefficient (Wildman–Crippen LogP) is 3.49. The van der Waals surface area contributed by atoms with Crippen molar-refractivity contribution in [3.63, 3.8) is 0 Å². The second-order valence-corrected chi connectivity index (χ2v) is 7.18. The number of hydrogen-bond acceptors (Lipinski definition) is 4. The number of aryl methyl sites for hydroxylation is 1. The van der Waals surface area contributed by atoms with Crippen molar-refractivity contribution >= 4 is 27.3 Å². The molecule has 0 saturated carbocycles. The summed E-state index contributed by atoms with van der Waals surface area (Å²) in [5.74, 6) is 0. The monoisotopic (exact) mass is 333 g/mol. The van der Waals surface area contributed by atoms with Crippen molar-refractivity contribution < 1.29 is 9.47 Å². The van der Waals surface area contributed by atoms with Gasteiger partial charge in [0.2, 0.25) is 0 Å². The lowest BCUT2D eigenvalue weighted by atomic mass is 9.93. The van der Waals surface area contributed by atoms with Crippen LogP contribution in [0.5, 0.6) is 0 Å². The van der Waals surface area contributed by atoms with Gasteiger partial charge in [0, 0.05) is 25.1 Å². The summed E-state index contributed by atoms with van der Waals surface area (Å²) in [5, 5.41) is 3.63. The van der Waals surface area contributed by atoms with Crippen molar-refractivity contribution in [1.29, 1.82) is 0 Å². The minimum absolute atomic E-state index is 0.176. The zero-order valence-corrected chi connectivity index (χ0v) is 13.4. The van der Waals surface area contributed by atoms with Gasteiger partial charge in [-0.2, -0.15) is 0 Å². The molecule has 1 aliphatic rings. The molecule has 3 nitrogen and oxygen atoms in total. The maximum Gasteiger partial charge on any atom is 0.171 e. The average molecular weight is 334 g/mol. The standard InChI is InChI=1S/C13H20BrNO2S/c1-8(13(16-2)17-3)15-10-5-4-6-11-9(10)7-12(14)18-11/h7-8,10,13,15H,4-6H2,1-3H3. The Morgan fingerprint density at radius 1 is 1.44 bits per heavy atom. The molecule has 0 bridgehead atoms. The summed E-state index contributed by atoms with van der Waals surface area (Å²) in [6.45, 7) is 2.10. The van der Waals surface area contributed by atoms with Gasteiger partial charge in [-0.15, -0.1) is 11.3 Å². The van der Waals surface area contributed by atoms with Crippen molar-refractivity contribution in [1.82, 2.24) is 5.32 Å². The molecule has 1 aliphatic carbocycles. The Morgan fingerprint density at radius 3 is 2.83 bits per heavy atom. The summed E-state index contributed by atoms with van der Waals surface area (Å²) in [6.07, 6.45) is 3.43. The molecule has 0 amide bonds. The predicted molar refractivity (Wildman–Crippen MR) is 78.1 cm³/mol. The van der Waals surface area contributed by atoms with Crippen LogP contribution >= 0.6 is 27.3 Å². The molecular formula is C13H20BrNO2S. The average Bonchev–Trinajstić information content (AvgIpc) is 2.72. The minimum atomic E-state index is -0.197. The minimum Gasteiger partial charge on any atom is -0.354 e. The Bertz CT molecular complexity index is 392. The lowest BCUT2D eigenvalue weighted by Gasteiger charge is -2.30. The van der Waals surface area contributed by atoms with E-state index in [1.54, 1.807) is 14.2 Å².